The standard InChI is InChI=1S/C15H27N3O2S/c1-5-7-20-15-17-11(6-2)12(18-15)9-16-14(19)13(21)8-10(3)4/h10,13,21H,5-9H2,1-4H3,(H,16,19)(H,17,18)/t13-/m1/s1. The quantitative estimate of drug-likeness (QED) is 0.614. The van der Waals surface area contributed by atoms with Gasteiger partial charge in [0.2, 0.25) is 5.91 Å². The van der Waals surface area contributed by atoms with Crippen molar-refractivity contribution in [2.45, 2.75) is 58.8 Å². The predicted molar refractivity (Wildman–Crippen MR) is 87.8 cm³/mol. The Morgan fingerprint density at radius 3 is 2.71 bits per heavy atom. The van der Waals surface area contributed by atoms with Gasteiger partial charge in [-0.1, -0.05) is 27.7 Å². The maximum absolute atomic E-state index is 12.0. The molecule has 0 spiro atoms. The summed E-state index contributed by atoms with van der Waals surface area (Å²) >= 11 is 4.35. The van der Waals surface area contributed by atoms with E-state index in [-0.39, 0.29) is 11.2 Å². The fourth-order valence-electron chi connectivity index (χ4n) is 1.97. The molecule has 0 aliphatic heterocycles. The Balaban J connectivity index is 2.57. The average Bonchev–Trinajstić information content (AvgIpc) is 2.84. The number of aromatic nitrogens is 2. The third-order valence-electron chi connectivity index (χ3n) is 3.06. The first-order valence-corrected chi connectivity index (χ1v) is 8.15. The van der Waals surface area contributed by atoms with E-state index in [1.54, 1.807) is 0 Å². The van der Waals surface area contributed by atoms with E-state index >= 15 is 0 Å². The Morgan fingerprint density at radius 2 is 2.14 bits per heavy atom. The van der Waals surface area contributed by atoms with E-state index in [2.05, 4.69) is 41.8 Å². The lowest BCUT2D eigenvalue weighted by molar-refractivity contribution is -0.121. The topological polar surface area (TPSA) is 67.0 Å². The van der Waals surface area contributed by atoms with E-state index in [0.717, 1.165) is 30.7 Å². The highest BCUT2D eigenvalue weighted by Crippen LogP contribution is 2.14. The molecule has 0 radical (unpaired) electrons. The Morgan fingerprint density at radius 1 is 1.43 bits per heavy atom. The van der Waals surface area contributed by atoms with Crippen LogP contribution < -0.4 is 10.1 Å². The van der Waals surface area contributed by atoms with Crippen LogP contribution in [-0.2, 0) is 17.8 Å². The summed E-state index contributed by atoms with van der Waals surface area (Å²) in [6.45, 7) is 9.31. The van der Waals surface area contributed by atoms with E-state index in [1.807, 2.05) is 13.8 Å². The lowest BCUT2D eigenvalue weighted by Crippen LogP contribution is -2.32. The lowest BCUT2D eigenvalue weighted by Gasteiger charge is -2.13. The second-order valence-electron chi connectivity index (χ2n) is 5.53. The fraction of sp³-hybridized carbons (Fsp3) is 0.733. The molecule has 1 aromatic rings. The monoisotopic (exact) mass is 313 g/mol. The number of imidazole rings is 1. The van der Waals surface area contributed by atoms with Gasteiger partial charge in [0.1, 0.15) is 0 Å². The molecule has 1 atom stereocenters. The van der Waals surface area contributed by atoms with Crippen molar-refractivity contribution in [1.29, 1.82) is 0 Å². The predicted octanol–water partition coefficient (Wildman–Crippen LogP) is 2.72. The van der Waals surface area contributed by atoms with Crippen LogP contribution in [0.25, 0.3) is 0 Å². The molecule has 0 saturated carbocycles. The van der Waals surface area contributed by atoms with Crippen molar-refractivity contribution in [3.63, 3.8) is 0 Å². The number of aromatic amines is 1. The number of amides is 1. The molecule has 0 fully saturated rings. The Labute approximate surface area is 132 Å². The van der Waals surface area contributed by atoms with Gasteiger partial charge >= 0.3 is 0 Å². The van der Waals surface area contributed by atoms with Crippen molar-refractivity contribution < 1.29 is 9.53 Å². The molecule has 0 aliphatic carbocycles. The summed E-state index contributed by atoms with van der Waals surface area (Å²) in [5.41, 5.74) is 1.84. The van der Waals surface area contributed by atoms with Crippen LogP contribution in [0, 0.1) is 5.92 Å². The van der Waals surface area contributed by atoms with Crippen molar-refractivity contribution in [2.75, 3.05) is 6.61 Å². The Kier molecular flexibility index (Phi) is 7.64. The van der Waals surface area contributed by atoms with Crippen LogP contribution in [0.1, 0.15) is 51.9 Å². The van der Waals surface area contributed by atoms with E-state index in [0.29, 0.717) is 25.1 Å². The molecule has 2 N–H and O–H groups in total. The zero-order chi connectivity index (χ0) is 15.8. The smallest absolute Gasteiger partial charge is 0.294 e. The van der Waals surface area contributed by atoms with E-state index in [4.69, 9.17) is 4.74 Å². The highest BCUT2D eigenvalue weighted by atomic mass is 32.1. The highest BCUT2D eigenvalue weighted by Gasteiger charge is 2.16. The summed E-state index contributed by atoms with van der Waals surface area (Å²) in [6.07, 6.45) is 2.50. The van der Waals surface area contributed by atoms with Crippen LogP contribution in [-0.4, -0.2) is 27.7 Å². The van der Waals surface area contributed by atoms with Crippen molar-refractivity contribution in [3.05, 3.63) is 11.4 Å². The first-order chi connectivity index (χ1) is 9.97. The molecule has 0 aromatic carbocycles. The van der Waals surface area contributed by atoms with Crippen molar-refractivity contribution in [3.8, 4) is 6.01 Å². The van der Waals surface area contributed by atoms with Crippen LogP contribution in [0.5, 0.6) is 6.01 Å². The van der Waals surface area contributed by atoms with Crippen molar-refractivity contribution in [2.24, 2.45) is 5.92 Å². The normalized spacial score (nSPS) is 12.5. The minimum absolute atomic E-state index is 0.0419. The first kappa shape index (κ1) is 17.9. The van der Waals surface area contributed by atoms with Crippen LogP contribution in [0.3, 0.4) is 0 Å². The summed E-state index contributed by atoms with van der Waals surface area (Å²) in [5.74, 6) is 0.408. The SMILES string of the molecule is CCCOc1nc(CC)c(CNC(=O)[C@H](S)CC(C)C)[nH]1. The van der Waals surface area contributed by atoms with Gasteiger partial charge in [-0.2, -0.15) is 12.6 Å². The average molecular weight is 313 g/mol. The molecule has 0 bridgehead atoms. The van der Waals surface area contributed by atoms with Gasteiger partial charge in [0.25, 0.3) is 6.01 Å². The Bertz CT molecular complexity index is 446. The molecule has 0 saturated heterocycles. The van der Waals surface area contributed by atoms with Gasteiger partial charge in [0, 0.05) is 0 Å². The number of nitrogens with one attached hydrogen (secondary N) is 2. The summed E-state index contributed by atoms with van der Waals surface area (Å²) in [5, 5.41) is 2.64. The molecule has 1 aromatic heterocycles. The van der Waals surface area contributed by atoms with Gasteiger partial charge in [-0.05, 0) is 25.2 Å². The van der Waals surface area contributed by atoms with Crippen molar-refractivity contribution >= 4 is 18.5 Å². The van der Waals surface area contributed by atoms with Gasteiger partial charge in [-0.25, -0.2) is 4.98 Å². The number of hydrogen-bond donors (Lipinski definition) is 3. The third kappa shape index (κ3) is 5.99. The molecule has 0 unspecified atom stereocenters. The molecular formula is C15H27N3O2S. The van der Waals surface area contributed by atoms with Gasteiger partial charge in [-0.15, -0.1) is 0 Å². The van der Waals surface area contributed by atoms with Crippen molar-refractivity contribution in [1.82, 2.24) is 15.3 Å². The maximum Gasteiger partial charge on any atom is 0.294 e. The largest absolute Gasteiger partial charge is 0.465 e. The first-order valence-electron chi connectivity index (χ1n) is 7.64. The van der Waals surface area contributed by atoms with E-state index in [1.165, 1.54) is 0 Å². The van der Waals surface area contributed by atoms with E-state index < -0.39 is 0 Å². The lowest BCUT2D eigenvalue weighted by atomic mass is 10.1. The number of thiol groups is 1. The van der Waals surface area contributed by atoms with Gasteiger partial charge < -0.3 is 15.0 Å². The molecule has 21 heavy (non-hydrogen) atoms. The van der Waals surface area contributed by atoms with Gasteiger partial charge in [-0.3, -0.25) is 4.79 Å². The number of aryl methyl sites for hydroxylation is 1. The molecule has 5 nitrogen and oxygen atoms in total. The zero-order valence-electron chi connectivity index (χ0n) is 13.4. The number of ether oxygens (including phenoxy) is 1. The second-order valence-corrected chi connectivity index (χ2v) is 6.16. The number of hydrogen-bond acceptors (Lipinski definition) is 4. The molecule has 1 amide bonds. The van der Waals surface area contributed by atoms with Crippen LogP contribution in [0.15, 0.2) is 0 Å². The van der Waals surface area contributed by atoms with Gasteiger partial charge in [0.15, 0.2) is 0 Å². The Hall–Kier alpha value is -1.17. The molecular weight excluding hydrogens is 286 g/mol. The molecule has 1 rings (SSSR count). The number of nitrogens with zero attached hydrogens (tertiary/aromatic N) is 1. The summed E-state index contributed by atoms with van der Waals surface area (Å²) in [7, 11) is 0. The fourth-order valence-corrected chi connectivity index (χ4v) is 2.48. The second kappa shape index (κ2) is 8.97. The summed E-state index contributed by atoms with van der Waals surface area (Å²) in [4.78, 5) is 19.5. The zero-order valence-corrected chi connectivity index (χ0v) is 14.3. The van der Waals surface area contributed by atoms with Crippen LogP contribution in [0.2, 0.25) is 0 Å². The number of carbonyl (C=O) groups excluding carboxylic acids is 1. The highest BCUT2D eigenvalue weighted by molar-refractivity contribution is 7.81. The molecule has 0 aliphatic rings. The van der Waals surface area contributed by atoms with Crippen LogP contribution in [0.4, 0.5) is 0 Å². The summed E-state index contributed by atoms with van der Waals surface area (Å²) < 4.78 is 5.49. The minimum Gasteiger partial charge on any atom is -0.465 e. The minimum atomic E-state index is -0.270. The third-order valence-corrected chi connectivity index (χ3v) is 3.50. The van der Waals surface area contributed by atoms with Gasteiger partial charge in [0.05, 0.1) is 29.8 Å². The van der Waals surface area contributed by atoms with Crippen LogP contribution >= 0.6 is 12.6 Å². The molecule has 6 heteroatoms. The number of H-pyrrole nitrogens is 1. The summed E-state index contributed by atoms with van der Waals surface area (Å²) in [6, 6.07) is 0.530. The molecule has 1 heterocycles. The molecule has 120 valence electrons. The van der Waals surface area contributed by atoms with E-state index in [9.17, 15) is 4.79 Å². The maximum atomic E-state index is 12.0. The number of rotatable bonds is 9. The number of carbonyl (C=O) groups is 1.